The smallest absolute Gasteiger partial charge is 0.235 e. The van der Waals surface area contributed by atoms with E-state index in [2.05, 4.69) is 29.8 Å². The molecule has 0 radical (unpaired) electrons. The summed E-state index contributed by atoms with van der Waals surface area (Å²) in [5.41, 5.74) is -0.0845. The third-order valence-electron chi connectivity index (χ3n) is 2.34. The van der Waals surface area contributed by atoms with Gasteiger partial charge in [0, 0.05) is 0 Å². The van der Waals surface area contributed by atoms with E-state index in [1.165, 1.54) is 0 Å². The van der Waals surface area contributed by atoms with E-state index in [1.807, 2.05) is 13.8 Å². The van der Waals surface area contributed by atoms with Crippen LogP contribution in [0.15, 0.2) is 0 Å². The molecule has 0 aliphatic carbocycles. The Morgan fingerprint density at radius 3 is 1.91 bits per heavy atom. The van der Waals surface area contributed by atoms with Gasteiger partial charge < -0.3 is 0 Å². The van der Waals surface area contributed by atoms with Crippen molar-refractivity contribution in [3.8, 4) is 0 Å². The summed E-state index contributed by atoms with van der Waals surface area (Å²) in [6, 6.07) is 0. The summed E-state index contributed by atoms with van der Waals surface area (Å²) in [5, 5.41) is -0.316. The van der Waals surface area contributed by atoms with Crippen LogP contribution in [-0.4, -0.2) is 10.1 Å². The summed E-state index contributed by atoms with van der Waals surface area (Å²) in [6.45, 7) is 8.21. The largest absolute Gasteiger partial charge is 0.280 e. The normalized spacial score (nSPS) is 15.2. The molecule has 0 aromatic heterocycles. The van der Waals surface area contributed by atoms with Crippen molar-refractivity contribution < 1.29 is 4.79 Å². The zero-order valence-electron chi connectivity index (χ0n) is 7.32. The molecule has 0 amide bonds. The average molecular weight is 242 g/mol. The van der Waals surface area contributed by atoms with Crippen LogP contribution in [0.5, 0.6) is 0 Å². The van der Waals surface area contributed by atoms with Crippen molar-refractivity contribution in [3.05, 3.63) is 0 Å². The zero-order valence-corrected chi connectivity index (χ0v) is 9.66. The highest BCUT2D eigenvalue weighted by Crippen LogP contribution is 2.35. The van der Waals surface area contributed by atoms with E-state index >= 15 is 0 Å². The fraction of sp³-hybridized carbons (Fsp3) is 0.875. The lowest BCUT2D eigenvalue weighted by Gasteiger charge is -2.32. The van der Waals surface area contributed by atoms with E-state index in [9.17, 15) is 4.79 Å². The van der Waals surface area contributed by atoms with E-state index in [0.717, 1.165) is 0 Å². The van der Waals surface area contributed by atoms with Crippen LogP contribution in [0.3, 0.4) is 0 Å². The highest BCUT2D eigenvalue weighted by atomic mass is 79.9. The average Bonchev–Trinajstić information content (AvgIpc) is 1.85. The van der Waals surface area contributed by atoms with Crippen LogP contribution in [0.4, 0.5) is 0 Å². The SMILES string of the molecule is CC(C)C(C)(C)C(Br)C(=O)Cl. The lowest BCUT2D eigenvalue weighted by molar-refractivity contribution is -0.113. The fourth-order valence-corrected chi connectivity index (χ4v) is 1.40. The third-order valence-corrected chi connectivity index (χ3v) is 4.42. The summed E-state index contributed by atoms with van der Waals surface area (Å²) in [5.74, 6) is 0.426. The molecule has 3 heteroatoms. The maximum Gasteiger partial charge on any atom is 0.235 e. The van der Waals surface area contributed by atoms with Gasteiger partial charge in [0.1, 0.15) is 0 Å². The molecule has 0 heterocycles. The van der Waals surface area contributed by atoms with Gasteiger partial charge in [-0.15, -0.1) is 0 Å². The predicted octanol–water partition coefficient (Wildman–Crippen LogP) is 3.20. The Labute approximate surface area is 81.6 Å². The summed E-state index contributed by atoms with van der Waals surface area (Å²) in [4.78, 5) is 10.6. The van der Waals surface area contributed by atoms with Gasteiger partial charge in [-0.2, -0.15) is 0 Å². The van der Waals surface area contributed by atoms with Crippen LogP contribution < -0.4 is 0 Å². The molecule has 0 aliphatic heterocycles. The molecule has 66 valence electrons. The van der Waals surface area contributed by atoms with E-state index < -0.39 is 0 Å². The van der Waals surface area contributed by atoms with Crippen LogP contribution >= 0.6 is 27.5 Å². The van der Waals surface area contributed by atoms with Crippen molar-refractivity contribution in [2.45, 2.75) is 32.5 Å². The van der Waals surface area contributed by atoms with Crippen molar-refractivity contribution >= 4 is 32.8 Å². The molecule has 0 spiro atoms. The van der Waals surface area contributed by atoms with Crippen molar-refractivity contribution in [2.75, 3.05) is 0 Å². The van der Waals surface area contributed by atoms with E-state index in [1.54, 1.807) is 0 Å². The summed E-state index contributed by atoms with van der Waals surface area (Å²) < 4.78 is 0. The maximum absolute atomic E-state index is 10.8. The Kier molecular flexibility index (Phi) is 4.06. The molecule has 1 unspecified atom stereocenters. The first-order chi connectivity index (χ1) is 4.80. The van der Waals surface area contributed by atoms with E-state index in [0.29, 0.717) is 5.92 Å². The fourth-order valence-electron chi connectivity index (χ4n) is 0.585. The second-order valence-corrected chi connectivity index (χ2v) is 4.93. The Hall–Kier alpha value is 0.440. The molecule has 0 rings (SSSR count). The minimum Gasteiger partial charge on any atom is -0.280 e. The molecule has 1 nitrogen and oxygen atoms in total. The maximum atomic E-state index is 10.8. The number of hydrogen-bond donors (Lipinski definition) is 0. The molecule has 1 atom stereocenters. The van der Waals surface area contributed by atoms with E-state index in [-0.39, 0.29) is 15.5 Å². The van der Waals surface area contributed by atoms with Crippen molar-refractivity contribution in [1.29, 1.82) is 0 Å². The monoisotopic (exact) mass is 240 g/mol. The van der Waals surface area contributed by atoms with E-state index in [4.69, 9.17) is 11.6 Å². The van der Waals surface area contributed by atoms with Gasteiger partial charge in [-0.25, -0.2) is 0 Å². The van der Waals surface area contributed by atoms with Crippen molar-refractivity contribution in [2.24, 2.45) is 11.3 Å². The molecular weight excluding hydrogens is 227 g/mol. The first-order valence-electron chi connectivity index (χ1n) is 3.63. The lowest BCUT2D eigenvalue weighted by atomic mass is 9.79. The highest BCUT2D eigenvalue weighted by molar-refractivity contribution is 9.10. The lowest BCUT2D eigenvalue weighted by Crippen LogP contribution is -2.33. The molecule has 0 N–H and O–H groups in total. The molecule has 0 aromatic rings. The van der Waals surface area contributed by atoms with Gasteiger partial charge in [-0.3, -0.25) is 4.79 Å². The molecule has 0 aromatic carbocycles. The molecule has 11 heavy (non-hydrogen) atoms. The Balaban J connectivity index is 4.41. The first-order valence-corrected chi connectivity index (χ1v) is 4.93. The van der Waals surface area contributed by atoms with Gasteiger partial charge in [0.15, 0.2) is 0 Å². The van der Waals surface area contributed by atoms with Gasteiger partial charge in [0.05, 0.1) is 4.83 Å². The summed E-state index contributed by atoms with van der Waals surface area (Å²) in [6.07, 6.45) is 0. The third kappa shape index (κ3) is 2.75. The second kappa shape index (κ2) is 3.90. The van der Waals surface area contributed by atoms with Crippen molar-refractivity contribution in [1.82, 2.24) is 0 Å². The molecule has 0 bridgehead atoms. The Bertz CT molecular complexity index is 154. The topological polar surface area (TPSA) is 17.1 Å². The van der Waals surface area contributed by atoms with Gasteiger partial charge in [-0.1, -0.05) is 43.6 Å². The van der Waals surface area contributed by atoms with Crippen LogP contribution in [-0.2, 0) is 4.79 Å². The number of alkyl halides is 1. The molecule has 0 saturated heterocycles. The molecule has 0 fully saturated rings. The van der Waals surface area contributed by atoms with Gasteiger partial charge in [0.25, 0.3) is 0 Å². The number of carbonyl (C=O) groups is 1. The summed E-state index contributed by atoms with van der Waals surface area (Å²) >= 11 is 8.65. The molecular formula is C8H14BrClO. The van der Waals surface area contributed by atoms with Crippen LogP contribution in [0.2, 0.25) is 0 Å². The molecule has 0 saturated carbocycles. The van der Waals surface area contributed by atoms with Crippen molar-refractivity contribution in [3.63, 3.8) is 0 Å². The number of hydrogen-bond acceptors (Lipinski definition) is 1. The van der Waals surface area contributed by atoms with Gasteiger partial charge >= 0.3 is 0 Å². The second-order valence-electron chi connectivity index (χ2n) is 3.64. The summed E-state index contributed by atoms with van der Waals surface area (Å²) in [7, 11) is 0. The Morgan fingerprint density at radius 1 is 1.45 bits per heavy atom. The molecule has 0 aliphatic rings. The number of halogens is 2. The van der Waals surface area contributed by atoms with Gasteiger partial charge in [0.2, 0.25) is 5.24 Å². The Morgan fingerprint density at radius 2 is 1.82 bits per heavy atom. The van der Waals surface area contributed by atoms with Crippen LogP contribution in [0.1, 0.15) is 27.7 Å². The quantitative estimate of drug-likeness (QED) is 0.548. The highest BCUT2D eigenvalue weighted by Gasteiger charge is 2.34. The first kappa shape index (κ1) is 11.4. The van der Waals surface area contributed by atoms with Crippen LogP contribution in [0, 0.1) is 11.3 Å². The number of carbonyl (C=O) groups excluding carboxylic acids is 1. The van der Waals surface area contributed by atoms with Crippen LogP contribution in [0.25, 0.3) is 0 Å². The van der Waals surface area contributed by atoms with Gasteiger partial charge in [-0.05, 0) is 22.9 Å². The number of rotatable bonds is 3. The zero-order chi connectivity index (χ0) is 9.23. The minimum absolute atomic E-state index is 0.0845. The predicted molar refractivity (Wildman–Crippen MR) is 52.2 cm³/mol. The minimum atomic E-state index is -0.316. The standard InChI is InChI=1S/C8H14BrClO/c1-5(2)8(3,4)6(9)7(10)11/h5-6H,1-4H3.